The lowest BCUT2D eigenvalue weighted by atomic mass is 9.99. The van der Waals surface area contributed by atoms with Gasteiger partial charge >= 0.3 is 0 Å². The highest BCUT2D eigenvalue weighted by molar-refractivity contribution is 5.94. The van der Waals surface area contributed by atoms with Gasteiger partial charge < -0.3 is 15.4 Å². The van der Waals surface area contributed by atoms with Crippen LogP contribution in [0.15, 0.2) is 18.2 Å². The predicted molar refractivity (Wildman–Crippen MR) is 85.9 cm³/mol. The summed E-state index contributed by atoms with van der Waals surface area (Å²) in [5.41, 5.74) is 2.93. The number of ether oxygens (including phenoxy) is 1. The lowest BCUT2D eigenvalue weighted by molar-refractivity contribution is 0.00597. The summed E-state index contributed by atoms with van der Waals surface area (Å²) < 4.78 is 5.79. The van der Waals surface area contributed by atoms with Gasteiger partial charge in [-0.05, 0) is 49.9 Å². The van der Waals surface area contributed by atoms with E-state index < -0.39 is 0 Å². The van der Waals surface area contributed by atoms with Crippen molar-refractivity contribution in [3.63, 3.8) is 0 Å². The molecule has 116 valence electrons. The molecule has 2 rings (SSSR count). The molecular weight excluding hydrogens is 264 g/mol. The number of rotatable bonds is 5. The minimum atomic E-state index is -0.0428. The van der Waals surface area contributed by atoms with Gasteiger partial charge in [0.1, 0.15) is 0 Å². The third-order valence-electron chi connectivity index (χ3n) is 4.05. The van der Waals surface area contributed by atoms with Crippen LogP contribution in [0.5, 0.6) is 0 Å². The Morgan fingerprint density at radius 2 is 2.24 bits per heavy atom. The van der Waals surface area contributed by atoms with E-state index in [1.165, 1.54) is 0 Å². The molecular formula is C17H26N2O2. The second kappa shape index (κ2) is 7.46. The Labute approximate surface area is 127 Å². The van der Waals surface area contributed by atoms with Crippen LogP contribution in [0.3, 0.4) is 0 Å². The zero-order valence-electron chi connectivity index (χ0n) is 13.2. The van der Waals surface area contributed by atoms with Crippen molar-refractivity contribution in [2.45, 2.75) is 51.7 Å². The van der Waals surface area contributed by atoms with E-state index in [4.69, 9.17) is 4.74 Å². The molecule has 21 heavy (non-hydrogen) atoms. The molecule has 0 radical (unpaired) electrons. The van der Waals surface area contributed by atoms with Crippen LogP contribution in [-0.4, -0.2) is 31.7 Å². The summed E-state index contributed by atoms with van der Waals surface area (Å²) in [7, 11) is 1.65. The Hall–Kier alpha value is -1.55. The lowest BCUT2D eigenvalue weighted by Crippen LogP contribution is -2.34. The fourth-order valence-corrected chi connectivity index (χ4v) is 2.87. The van der Waals surface area contributed by atoms with Crippen LogP contribution in [0.1, 0.15) is 48.5 Å². The van der Waals surface area contributed by atoms with Gasteiger partial charge in [0.05, 0.1) is 6.10 Å². The topological polar surface area (TPSA) is 50.4 Å². The van der Waals surface area contributed by atoms with Crippen molar-refractivity contribution in [3.8, 4) is 0 Å². The van der Waals surface area contributed by atoms with Gasteiger partial charge in [0.15, 0.2) is 0 Å². The van der Waals surface area contributed by atoms with Crippen molar-refractivity contribution in [2.75, 3.05) is 19.0 Å². The van der Waals surface area contributed by atoms with Gasteiger partial charge in [-0.2, -0.15) is 0 Å². The first kappa shape index (κ1) is 15.8. The van der Waals surface area contributed by atoms with Gasteiger partial charge in [-0.1, -0.05) is 13.3 Å². The van der Waals surface area contributed by atoms with Gasteiger partial charge in [0.25, 0.3) is 5.91 Å². The average molecular weight is 290 g/mol. The molecule has 1 heterocycles. The Kier molecular flexibility index (Phi) is 5.62. The molecule has 0 aromatic heterocycles. The van der Waals surface area contributed by atoms with E-state index in [1.807, 2.05) is 25.1 Å². The van der Waals surface area contributed by atoms with Crippen LogP contribution in [0.25, 0.3) is 0 Å². The number of hydrogen-bond acceptors (Lipinski definition) is 3. The average Bonchev–Trinajstić information content (AvgIpc) is 2.49. The minimum absolute atomic E-state index is 0.0428. The molecule has 1 aromatic rings. The third kappa shape index (κ3) is 4.21. The summed E-state index contributed by atoms with van der Waals surface area (Å²) in [6, 6.07) is 6.27. The van der Waals surface area contributed by atoms with E-state index in [1.54, 1.807) is 7.05 Å². The first-order valence-corrected chi connectivity index (χ1v) is 7.85. The maximum Gasteiger partial charge on any atom is 0.251 e. The molecule has 1 aliphatic rings. The van der Waals surface area contributed by atoms with Crippen LogP contribution in [0.4, 0.5) is 5.69 Å². The summed E-state index contributed by atoms with van der Waals surface area (Å²) in [5, 5.41) is 6.26. The lowest BCUT2D eigenvalue weighted by Gasteiger charge is -2.31. The van der Waals surface area contributed by atoms with E-state index in [0.29, 0.717) is 17.7 Å². The van der Waals surface area contributed by atoms with E-state index in [-0.39, 0.29) is 5.91 Å². The SMILES string of the molecule is CCCC1CC(Nc2ccc(C(=O)NC)cc2C)CCO1. The number of anilines is 1. The fraction of sp³-hybridized carbons (Fsp3) is 0.588. The molecule has 2 unspecified atom stereocenters. The normalized spacial score (nSPS) is 21.9. The molecule has 1 saturated heterocycles. The number of carbonyl (C=O) groups excluding carboxylic acids is 1. The first-order valence-electron chi connectivity index (χ1n) is 7.85. The highest BCUT2D eigenvalue weighted by Crippen LogP contribution is 2.24. The van der Waals surface area contributed by atoms with Crippen molar-refractivity contribution in [3.05, 3.63) is 29.3 Å². The molecule has 0 aliphatic carbocycles. The molecule has 0 spiro atoms. The standard InChI is InChI=1S/C17H26N2O2/c1-4-5-15-11-14(8-9-21-15)19-16-7-6-13(10-12(16)2)17(20)18-3/h6-7,10,14-15,19H,4-5,8-9,11H2,1-3H3,(H,18,20). The van der Waals surface area contributed by atoms with Gasteiger partial charge in [0, 0.05) is 30.9 Å². The van der Waals surface area contributed by atoms with Crippen LogP contribution >= 0.6 is 0 Å². The maximum absolute atomic E-state index is 11.6. The number of benzene rings is 1. The Morgan fingerprint density at radius 3 is 2.90 bits per heavy atom. The number of amides is 1. The molecule has 1 amide bonds. The predicted octanol–water partition coefficient (Wildman–Crippen LogP) is 3.11. The second-order valence-electron chi connectivity index (χ2n) is 5.76. The minimum Gasteiger partial charge on any atom is -0.382 e. The van der Waals surface area contributed by atoms with Crippen molar-refractivity contribution >= 4 is 11.6 Å². The number of nitrogens with one attached hydrogen (secondary N) is 2. The first-order chi connectivity index (χ1) is 10.1. The monoisotopic (exact) mass is 290 g/mol. The molecule has 2 N–H and O–H groups in total. The number of hydrogen-bond donors (Lipinski definition) is 2. The van der Waals surface area contributed by atoms with Crippen LogP contribution in [-0.2, 0) is 4.74 Å². The molecule has 1 aliphatic heterocycles. The zero-order chi connectivity index (χ0) is 15.2. The largest absolute Gasteiger partial charge is 0.382 e. The molecule has 1 aromatic carbocycles. The van der Waals surface area contributed by atoms with Crippen LogP contribution < -0.4 is 10.6 Å². The molecule has 0 bridgehead atoms. The summed E-state index contributed by atoms with van der Waals surface area (Å²) in [6.45, 7) is 5.07. The van der Waals surface area contributed by atoms with Crippen molar-refractivity contribution < 1.29 is 9.53 Å². The van der Waals surface area contributed by atoms with Gasteiger partial charge in [-0.3, -0.25) is 4.79 Å². The molecule has 4 nitrogen and oxygen atoms in total. The molecule has 0 saturated carbocycles. The quantitative estimate of drug-likeness (QED) is 0.876. The zero-order valence-corrected chi connectivity index (χ0v) is 13.2. The highest BCUT2D eigenvalue weighted by atomic mass is 16.5. The third-order valence-corrected chi connectivity index (χ3v) is 4.05. The smallest absolute Gasteiger partial charge is 0.251 e. The van der Waals surface area contributed by atoms with Crippen molar-refractivity contribution in [1.82, 2.24) is 5.32 Å². The van der Waals surface area contributed by atoms with E-state index >= 15 is 0 Å². The van der Waals surface area contributed by atoms with Gasteiger partial charge in [-0.25, -0.2) is 0 Å². The Bertz CT molecular complexity index is 486. The Morgan fingerprint density at radius 1 is 1.43 bits per heavy atom. The van der Waals surface area contributed by atoms with E-state index in [2.05, 4.69) is 17.6 Å². The second-order valence-corrected chi connectivity index (χ2v) is 5.76. The molecule has 4 heteroatoms. The van der Waals surface area contributed by atoms with Crippen LogP contribution in [0.2, 0.25) is 0 Å². The highest BCUT2D eigenvalue weighted by Gasteiger charge is 2.22. The molecule has 2 atom stereocenters. The Balaban J connectivity index is 2.00. The van der Waals surface area contributed by atoms with Gasteiger partial charge in [0.2, 0.25) is 0 Å². The van der Waals surface area contributed by atoms with Crippen LogP contribution in [0, 0.1) is 6.92 Å². The summed E-state index contributed by atoms with van der Waals surface area (Å²) >= 11 is 0. The van der Waals surface area contributed by atoms with Crippen molar-refractivity contribution in [2.24, 2.45) is 0 Å². The molecule has 1 fully saturated rings. The van der Waals surface area contributed by atoms with Crippen molar-refractivity contribution in [1.29, 1.82) is 0 Å². The summed E-state index contributed by atoms with van der Waals surface area (Å²) in [5.74, 6) is -0.0428. The summed E-state index contributed by atoms with van der Waals surface area (Å²) in [6.07, 6.45) is 4.78. The number of aryl methyl sites for hydroxylation is 1. The van der Waals surface area contributed by atoms with E-state index in [0.717, 1.165) is 43.5 Å². The maximum atomic E-state index is 11.6. The number of carbonyl (C=O) groups is 1. The summed E-state index contributed by atoms with van der Waals surface area (Å²) in [4.78, 5) is 11.6. The van der Waals surface area contributed by atoms with Gasteiger partial charge in [-0.15, -0.1) is 0 Å². The van der Waals surface area contributed by atoms with E-state index in [9.17, 15) is 4.79 Å². The fourth-order valence-electron chi connectivity index (χ4n) is 2.87.